The largest absolute Gasteiger partial charge is 0.386 e. The van der Waals surface area contributed by atoms with E-state index in [-0.39, 0.29) is 0 Å². The second-order valence-electron chi connectivity index (χ2n) is 4.26. The Kier molecular flexibility index (Phi) is 5.46. The van der Waals surface area contributed by atoms with Gasteiger partial charge in [-0.25, -0.2) is 0 Å². The van der Waals surface area contributed by atoms with Crippen molar-refractivity contribution < 1.29 is 9.84 Å². The van der Waals surface area contributed by atoms with Gasteiger partial charge >= 0.3 is 0 Å². The molecule has 3 heteroatoms. The highest BCUT2D eigenvalue weighted by Crippen LogP contribution is 2.06. The third kappa shape index (κ3) is 5.26. The summed E-state index contributed by atoms with van der Waals surface area (Å²) in [5.74, 6) is 0. The number of hydrogen-bond donors (Lipinski definition) is 2. The monoisotopic (exact) mass is 223 g/mol. The summed E-state index contributed by atoms with van der Waals surface area (Å²) >= 11 is 0. The molecule has 16 heavy (non-hydrogen) atoms. The van der Waals surface area contributed by atoms with Crippen LogP contribution in [0.15, 0.2) is 30.3 Å². The third-order valence-corrected chi connectivity index (χ3v) is 2.28. The van der Waals surface area contributed by atoms with Gasteiger partial charge in [0.2, 0.25) is 0 Å². The van der Waals surface area contributed by atoms with E-state index < -0.39 is 5.60 Å². The smallest absolute Gasteiger partial charge is 0.0975 e. The SMILES string of the molecule is CCNCC(C)(O)COCc1ccccc1. The highest BCUT2D eigenvalue weighted by Gasteiger charge is 2.19. The summed E-state index contributed by atoms with van der Waals surface area (Å²) in [6, 6.07) is 9.97. The molecule has 1 unspecified atom stereocenters. The van der Waals surface area contributed by atoms with Gasteiger partial charge in [0.15, 0.2) is 0 Å². The Morgan fingerprint density at radius 1 is 1.31 bits per heavy atom. The van der Waals surface area contributed by atoms with E-state index in [4.69, 9.17) is 4.74 Å². The molecule has 0 aliphatic heterocycles. The maximum atomic E-state index is 9.94. The molecule has 2 N–H and O–H groups in total. The second-order valence-corrected chi connectivity index (χ2v) is 4.26. The lowest BCUT2D eigenvalue weighted by Crippen LogP contribution is -2.41. The molecular formula is C13H21NO2. The molecule has 0 spiro atoms. The second kappa shape index (κ2) is 6.63. The number of hydrogen-bond acceptors (Lipinski definition) is 3. The highest BCUT2D eigenvalue weighted by molar-refractivity contribution is 5.13. The van der Waals surface area contributed by atoms with Gasteiger partial charge in [-0.05, 0) is 19.0 Å². The summed E-state index contributed by atoms with van der Waals surface area (Å²) in [4.78, 5) is 0. The summed E-state index contributed by atoms with van der Waals surface area (Å²) in [5.41, 5.74) is 0.326. The lowest BCUT2D eigenvalue weighted by atomic mass is 10.1. The van der Waals surface area contributed by atoms with Gasteiger partial charge < -0.3 is 15.2 Å². The molecule has 1 aromatic carbocycles. The first-order chi connectivity index (χ1) is 7.64. The first kappa shape index (κ1) is 13.2. The number of nitrogens with one attached hydrogen (secondary N) is 1. The van der Waals surface area contributed by atoms with Crippen LogP contribution >= 0.6 is 0 Å². The maximum absolute atomic E-state index is 9.94. The first-order valence-corrected chi connectivity index (χ1v) is 5.69. The standard InChI is InChI=1S/C13H21NO2/c1-3-14-10-13(2,15)11-16-9-12-7-5-4-6-8-12/h4-8,14-15H,3,9-11H2,1-2H3. The van der Waals surface area contributed by atoms with Crippen LogP contribution in [0.3, 0.4) is 0 Å². The molecule has 0 aliphatic carbocycles. The fourth-order valence-electron chi connectivity index (χ4n) is 1.41. The lowest BCUT2D eigenvalue weighted by Gasteiger charge is -2.23. The summed E-state index contributed by atoms with van der Waals surface area (Å²) in [5, 5.41) is 13.0. The zero-order valence-electron chi connectivity index (χ0n) is 10.1. The molecule has 0 bridgehead atoms. The van der Waals surface area contributed by atoms with Crippen molar-refractivity contribution >= 4 is 0 Å². The van der Waals surface area contributed by atoms with Crippen LogP contribution in [0.5, 0.6) is 0 Å². The van der Waals surface area contributed by atoms with E-state index in [9.17, 15) is 5.11 Å². The van der Waals surface area contributed by atoms with E-state index in [0.717, 1.165) is 12.1 Å². The maximum Gasteiger partial charge on any atom is 0.0975 e. The summed E-state index contributed by atoms with van der Waals surface area (Å²) in [6.07, 6.45) is 0. The molecular weight excluding hydrogens is 202 g/mol. The summed E-state index contributed by atoms with van der Waals surface area (Å²) in [7, 11) is 0. The Morgan fingerprint density at radius 3 is 2.62 bits per heavy atom. The van der Waals surface area contributed by atoms with E-state index >= 15 is 0 Å². The molecule has 0 radical (unpaired) electrons. The minimum Gasteiger partial charge on any atom is -0.386 e. The van der Waals surface area contributed by atoms with E-state index in [2.05, 4.69) is 5.32 Å². The van der Waals surface area contributed by atoms with E-state index in [1.165, 1.54) is 0 Å². The molecule has 0 amide bonds. The topological polar surface area (TPSA) is 41.5 Å². The van der Waals surface area contributed by atoms with Crippen molar-refractivity contribution in [3.63, 3.8) is 0 Å². The van der Waals surface area contributed by atoms with Gasteiger partial charge in [-0.15, -0.1) is 0 Å². The Balaban J connectivity index is 2.24. The van der Waals surface area contributed by atoms with Crippen LogP contribution in [0.2, 0.25) is 0 Å². The third-order valence-electron chi connectivity index (χ3n) is 2.28. The van der Waals surface area contributed by atoms with Gasteiger partial charge in [0.05, 0.1) is 18.8 Å². The van der Waals surface area contributed by atoms with Crippen molar-refractivity contribution in [2.24, 2.45) is 0 Å². The number of rotatable bonds is 7. The zero-order chi connectivity index (χ0) is 11.9. The van der Waals surface area contributed by atoms with Gasteiger partial charge in [0, 0.05) is 6.54 Å². The minimum atomic E-state index is -0.801. The van der Waals surface area contributed by atoms with Crippen molar-refractivity contribution in [1.82, 2.24) is 5.32 Å². The van der Waals surface area contributed by atoms with Crippen molar-refractivity contribution in [3.8, 4) is 0 Å². The normalized spacial score (nSPS) is 14.7. The number of benzene rings is 1. The average molecular weight is 223 g/mol. The quantitative estimate of drug-likeness (QED) is 0.737. The van der Waals surface area contributed by atoms with Crippen LogP contribution < -0.4 is 5.32 Å². The van der Waals surface area contributed by atoms with Crippen LogP contribution in [0.25, 0.3) is 0 Å². The van der Waals surface area contributed by atoms with Crippen molar-refractivity contribution in [3.05, 3.63) is 35.9 Å². The molecule has 1 atom stereocenters. The van der Waals surface area contributed by atoms with E-state index in [1.54, 1.807) is 6.92 Å². The Hall–Kier alpha value is -0.900. The molecule has 1 aromatic rings. The number of ether oxygens (including phenoxy) is 1. The fourth-order valence-corrected chi connectivity index (χ4v) is 1.41. The van der Waals surface area contributed by atoms with Gasteiger partial charge in [-0.3, -0.25) is 0 Å². The zero-order valence-corrected chi connectivity index (χ0v) is 10.1. The Labute approximate surface area is 97.4 Å². The van der Waals surface area contributed by atoms with Crippen LogP contribution in [0.4, 0.5) is 0 Å². The number of aliphatic hydroxyl groups is 1. The molecule has 0 heterocycles. The van der Waals surface area contributed by atoms with Crippen LogP contribution in [0.1, 0.15) is 19.4 Å². The molecule has 1 rings (SSSR count). The lowest BCUT2D eigenvalue weighted by molar-refractivity contribution is -0.0377. The molecule has 0 fully saturated rings. The summed E-state index contributed by atoms with van der Waals surface area (Å²) < 4.78 is 5.49. The predicted octanol–water partition coefficient (Wildman–Crippen LogP) is 1.56. The van der Waals surface area contributed by atoms with Gasteiger partial charge in [-0.1, -0.05) is 37.3 Å². The van der Waals surface area contributed by atoms with Gasteiger partial charge in [0.1, 0.15) is 0 Å². The molecule has 3 nitrogen and oxygen atoms in total. The Bertz CT molecular complexity index is 285. The molecule has 90 valence electrons. The molecule has 0 aliphatic rings. The average Bonchev–Trinajstić information content (AvgIpc) is 2.28. The van der Waals surface area contributed by atoms with Crippen molar-refractivity contribution in [2.45, 2.75) is 26.1 Å². The molecule has 0 saturated heterocycles. The van der Waals surface area contributed by atoms with Gasteiger partial charge in [-0.2, -0.15) is 0 Å². The predicted molar refractivity (Wildman–Crippen MR) is 65.3 cm³/mol. The van der Waals surface area contributed by atoms with E-state index in [0.29, 0.717) is 19.8 Å². The minimum absolute atomic E-state index is 0.342. The summed E-state index contributed by atoms with van der Waals surface area (Å²) in [6.45, 7) is 6.09. The van der Waals surface area contributed by atoms with Crippen LogP contribution in [-0.2, 0) is 11.3 Å². The fraction of sp³-hybridized carbons (Fsp3) is 0.538. The molecule has 0 aromatic heterocycles. The van der Waals surface area contributed by atoms with Gasteiger partial charge in [0.25, 0.3) is 0 Å². The van der Waals surface area contributed by atoms with Crippen molar-refractivity contribution in [2.75, 3.05) is 19.7 Å². The van der Waals surface area contributed by atoms with Crippen LogP contribution in [0, 0.1) is 0 Å². The van der Waals surface area contributed by atoms with Crippen molar-refractivity contribution in [1.29, 1.82) is 0 Å². The number of likely N-dealkylation sites (N-methyl/N-ethyl adjacent to an activating group) is 1. The molecule has 0 saturated carbocycles. The highest BCUT2D eigenvalue weighted by atomic mass is 16.5. The van der Waals surface area contributed by atoms with E-state index in [1.807, 2.05) is 37.3 Å². The van der Waals surface area contributed by atoms with Crippen LogP contribution in [-0.4, -0.2) is 30.4 Å². The first-order valence-electron chi connectivity index (χ1n) is 5.69. The Morgan fingerprint density at radius 2 is 2.00 bits per heavy atom.